The monoisotopic (exact) mass is 321 g/mol. The number of alkyl carbamates (subject to hydrolysis) is 1. The molecule has 23 heavy (non-hydrogen) atoms. The maximum absolute atomic E-state index is 11.4. The van der Waals surface area contributed by atoms with Crippen LogP contribution in [0.25, 0.3) is 0 Å². The molecule has 0 spiro atoms. The van der Waals surface area contributed by atoms with Crippen LogP contribution in [-0.4, -0.2) is 31.8 Å². The zero-order valence-electron chi connectivity index (χ0n) is 13.9. The van der Waals surface area contributed by atoms with Crippen LogP contribution in [0.15, 0.2) is 30.3 Å². The Morgan fingerprint density at radius 2 is 1.70 bits per heavy atom. The summed E-state index contributed by atoms with van der Waals surface area (Å²) in [5.74, 6) is -0.430. The van der Waals surface area contributed by atoms with E-state index in [-0.39, 0.29) is 13.2 Å². The van der Waals surface area contributed by atoms with E-state index in [1.165, 1.54) is 19.3 Å². The number of hydrogen-bond acceptors (Lipinski definition) is 4. The number of carbonyl (C=O) groups excluding carboxylic acids is 2. The summed E-state index contributed by atoms with van der Waals surface area (Å²) >= 11 is 0. The minimum atomic E-state index is -0.596. The highest BCUT2D eigenvalue weighted by Gasteiger charge is 2.07. The maximum Gasteiger partial charge on any atom is 0.407 e. The zero-order chi connectivity index (χ0) is 16.8. The Morgan fingerprint density at radius 3 is 2.43 bits per heavy atom. The second kappa shape index (κ2) is 12.5. The molecule has 0 saturated carbocycles. The van der Waals surface area contributed by atoms with Gasteiger partial charge < -0.3 is 14.8 Å². The molecule has 0 atom stereocenters. The molecule has 0 unspecified atom stereocenters. The molecule has 0 aromatic heterocycles. The van der Waals surface area contributed by atoms with Crippen molar-refractivity contribution in [2.24, 2.45) is 0 Å². The maximum atomic E-state index is 11.4. The van der Waals surface area contributed by atoms with Crippen LogP contribution in [0, 0.1) is 0 Å². The molecule has 128 valence electrons. The van der Waals surface area contributed by atoms with Crippen molar-refractivity contribution in [3.8, 4) is 0 Å². The van der Waals surface area contributed by atoms with Crippen molar-refractivity contribution in [1.29, 1.82) is 0 Å². The molecule has 0 heterocycles. The van der Waals surface area contributed by atoms with Crippen LogP contribution in [0.4, 0.5) is 4.79 Å². The topological polar surface area (TPSA) is 64.6 Å². The molecule has 0 aliphatic carbocycles. The molecular formula is C18H27NO4. The van der Waals surface area contributed by atoms with Crippen molar-refractivity contribution in [1.82, 2.24) is 5.32 Å². The van der Waals surface area contributed by atoms with Crippen molar-refractivity contribution >= 4 is 12.1 Å². The summed E-state index contributed by atoms with van der Waals surface area (Å²) in [7, 11) is 0. The highest BCUT2D eigenvalue weighted by atomic mass is 16.6. The number of benzene rings is 1. The van der Waals surface area contributed by atoms with Crippen molar-refractivity contribution in [2.75, 3.05) is 19.8 Å². The van der Waals surface area contributed by atoms with Gasteiger partial charge in [0.15, 0.2) is 0 Å². The number of ether oxygens (including phenoxy) is 2. The number of amides is 1. The quantitative estimate of drug-likeness (QED) is 0.501. The fraction of sp³-hybridized carbons (Fsp3) is 0.556. The van der Waals surface area contributed by atoms with E-state index in [9.17, 15) is 9.59 Å². The molecule has 0 saturated heterocycles. The third-order valence-electron chi connectivity index (χ3n) is 3.35. The fourth-order valence-corrected chi connectivity index (χ4v) is 2.04. The Labute approximate surface area is 138 Å². The lowest BCUT2D eigenvalue weighted by Crippen LogP contribution is -2.31. The lowest BCUT2D eigenvalue weighted by atomic mass is 10.2. The van der Waals surface area contributed by atoms with Gasteiger partial charge in [-0.1, -0.05) is 62.9 Å². The Hall–Kier alpha value is -2.04. The van der Waals surface area contributed by atoms with Crippen LogP contribution in [0.2, 0.25) is 0 Å². The molecule has 1 aromatic rings. The van der Waals surface area contributed by atoms with Crippen molar-refractivity contribution < 1.29 is 19.1 Å². The highest BCUT2D eigenvalue weighted by Crippen LogP contribution is 2.02. The van der Waals surface area contributed by atoms with Crippen LogP contribution in [0.5, 0.6) is 0 Å². The lowest BCUT2D eigenvalue weighted by Gasteiger charge is -2.07. The third kappa shape index (κ3) is 10.3. The first-order chi connectivity index (χ1) is 11.2. The van der Waals surface area contributed by atoms with Gasteiger partial charge in [0.2, 0.25) is 0 Å². The van der Waals surface area contributed by atoms with E-state index in [4.69, 9.17) is 9.47 Å². The minimum Gasteiger partial charge on any atom is -0.464 e. The fourth-order valence-electron chi connectivity index (χ4n) is 2.04. The predicted octanol–water partition coefficient (Wildman–Crippen LogP) is 3.47. The molecule has 1 N–H and O–H groups in total. The number of unbranched alkanes of at least 4 members (excludes halogenated alkanes) is 4. The van der Waals surface area contributed by atoms with Crippen molar-refractivity contribution in [3.05, 3.63) is 35.9 Å². The van der Waals surface area contributed by atoms with Gasteiger partial charge in [-0.3, -0.25) is 4.79 Å². The van der Waals surface area contributed by atoms with Gasteiger partial charge in [-0.25, -0.2) is 4.79 Å². The molecule has 1 amide bonds. The first kappa shape index (κ1) is 19.0. The molecule has 1 rings (SSSR count). The summed E-state index contributed by atoms with van der Waals surface area (Å²) < 4.78 is 10.0. The third-order valence-corrected chi connectivity index (χ3v) is 3.35. The Bertz CT molecular complexity index is 448. The molecule has 0 radical (unpaired) electrons. The van der Waals surface area contributed by atoms with Gasteiger partial charge in [0.1, 0.15) is 6.54 Å². The van der Waals surface area contributed by atoms with E-state index in [0.29, 0.717) is 13.0 Å². The molecule has 1 aromatic carbocycles. The SMILES string of the molecule is CCCCCCCOC(=O)CNC(=O)OCCc1ccccc1. The molecule has 0 aliphatic rings. The van der Waals surface area contributed by atoms with Crippen LogP contribution >= 0.6 is 0 Å². The average Bonchev–Trinajstić information content (AvgIpc) is 2.57. The molecule has 0 fully saturated rings. The van der Waals surface area contributed by atoms with Crippen LogP contribution < -0.4 is 5.32 Å². The lowest BCUT2D eigenvalue weighted by molar-refractivity contribution is -0.142. The second-order valence-corrected chi connectivity index (χ2v) is 5.36. The van der Waals surface area contributed by atoms with E-state index >= 15 is 0 Å². The summed E-state index contributed by atoms with van der Waals surface area (Å²) in [4.78, 5) is 22.9. The smallest absolute Gasteiger partial charge is 0.407 e. The molecule has 0 bridgehead atoms. The standard InChI is InChI=1S/C18H27NO4/c1-2-3-4-5-9-13-22-17(20)15-19-18(21)23-14-12-16-10-7-6-8-11-16/h6-8,10-11H,2-5,9,12-15H2,1H3,(H,19,21). The van der Waals surface area contributed by atoms with Crippen LogP contribution in [-0.2, 0) is 20.7 Å². The van der Waals surface area contributed by atoms with Gasteiger partial charge in [-0.15, -0.1) is 0 Å². The minimum absolute atomic E-state index is 0.154. The normalized spacial score (nSPS) is 10.1. The summed E-state index contributed by atoms with van der Waals surface area (Å²) in [6, 6.07) is 9.76. The zero-order valence-corrected chi connectivity index (χ0v) is 13.9. The first-order valence-electron chi connectivity index (χ1n) is 8.32. The Morgan fingerprint density at radius 1 is 0.957 bits per heavy atom. The van der Waals surface area contributed by atoms with Crippen LogP contribution in [0.3, 0.4) is 0 Å². The van der Waals surface area contributed by atoms with E-state index in [0.717, 1.165) is 18.4 Å². The van der Waals surface area contributed by atoms with Gasteiger partial charge >= 0.3 is 12.1 Å². The van der Waals surface area contributed by atoms with E-state index < -0.39 is 12.1 Å². The van der Waals surface area contributed by atoms with Gasteiger partial charge in [0, 0.05) is 6.42 Å². The van der Waals surface area contributed by atoms with Crippen molar-refractivity contribution in [2.45, 2.75) is 45.4 Å². The molecule has 5 nitrogen and oxygen atoms in total. The van der Waals surface area contributed by atoms with Gasteiger partial charge in [0.25, 0.3) is 0 Å². The first-order valence-corrected chi connectivity index (χ1v) is 8.32. The second-order valence-electron chi connectivity index (χ2n) is 5.36. The summed E-state index contributed by atoms with van der Waals surface area (Å²) in [5, 5.41) is 2.39. The number of rotatable bonds is 11. The molecule has 5 heteroatoms. The largest absolute Gasteiger partial charge is 0.464 e. The van der Waals surface area contributed by atoms with E-state index in [1.54, 1.807) is 0 Å². The van der Waals surface area contributed by atoms with E-state index in [2.05, 4.69) is 12.2 Å². The van der Waals surface area contributed by atoms with Crippen LogP contribution in [0.1, 0.15) is 44.6 Å². The molecule has 0 aliphatic heterocycles. The summed E-state index contributed by atoms with van der Waals surface area (Å²) in [6.45, 7) is 2.69. The highest BCUT2D eigenvalue weighted by molar-refractivity contribution is 5.77. The average molecular weight is 321 g/mol. The number of hydrogen-bond donors (Lipinski definition) is 1. The van der Waals surface area contributed by atoms with Crippen molar-refractivity contribution in [3.63, 3.8) is 0 Å². The Kier molecular flexibility index (Phi) is 10.3. The predicted molar refractivity (Wildman–Crippen MR) is 89.2 cm³/mol. The Balaban J connectivity index is 1.99. The molecular weight excluding hydrogens is 294 g/mol. The number of nitrogens with one attached hydrogen (secondary N) is 1. The van der Waals surface area contributed by atoms with E-state index in [1.807, 2.05) is 30.3 Å². The van der Waals surface area contributed by atoms with Gasteiger partial charge in [-0.05, 0) is 12.0 Å². The summed E-state index contributed by atoms with van der Waals surface area (Å²) in [5.41, 5.74) is 1.10. The number of carbonyl (C=O) groups is 2. The van der Waals surface area contributed by atoms with Gasteiger partial charge in [0.05, 0.1) is 13.2 Å². The van der Waals surface area contributed by atoms with Gasteiger partial charge in [-0.2, -0.15) is 0 Å². The number of esters is 1. The summed E-state index contributed by atoms with van der Waals surface area (Å²) in [6.07, 6.45) is 5.56.